The minimum absolute atomic E-state index is 0.0928. The van der Waals surface area contributed by atoms with Gasteiger partial charge in [-0.05, 0) is 36.2 Å². The highest BCUT2D eigenvalue weighted by molar-refractivity contribution is 7.18. The Hall–Kier alpha value is -4.45. The number of anilines is 1. The fraction of sp³-hybridized carbons (Fsp3) is 0.208. The van der Waals surface area contributed by atoms with Gasteiger partial charge in [0.2, 0.25) is 0 Å². The molecular weight excluding hydrogens is 488 g/mol. The van der Waals surface area contributed by atoms with Gasteiger partial charge in [0.05, 0.1) is 19.8 Å². The van der Waals surface area contributed by atoms with Gasteiger partial charge >= 0.3 is 18.0 Å². The van der Waals surface area contributed by atoms with Crippen LogP contribution in [-0.4, -0.2) is 50.1 Å². The van der Waals surface area contributed by atoms with Crippen LogP contribution in [0.25, 0.3) is 0 Å². The summed E-state index contributed by atoms with van der Waals surface area (Å²) in [5.74, 6) is -0.633. The fourth-order valence-corrected chi connectivity index (χ4v) is 4.21. The molecular formula is C24H24N4O7S. The third kappa shape index (κ3) is 6.16. The number of carbonyl (C=O) groups is 4. The third-order valence-electron chi connectivity index (χ3n) is 4.94. The predicted molar refractivity (Wildman–Crippen MR) is 132 cm³/mol. The number of ether oxygens (including phenoxy) is 3. The predicted octanol–water partition coefficient (Wildman–Crippen LogP) is 3.50. The molecule has 0 saturated carbocycles. The second-order valence-electron chi connectivity index (χ2n) is 7.25. The number of aromatic nitrogens is 1. The quantitative estimate of drug-likeness (QED) is 0.389. The molecule has 2 aromatic heterocycles. The molecule has 188 valence electrons. The van der Waals surface area contributed by atoms with E-state index in [9.17, 15) is 19.2 Å². The zero-order valence-electron chi connectivity index (χ0n) is 20.0. The van der Waals surface area contributed by atoms with Crippen LogP contribution in [0.4, 0.5) is 9.80 Å². The van der Waals surface area contributed by atoms with Crippen LogP contribution in [0.3, 0.4) is 0 Å². The summed E-state index contributed by atoms with van der Waals surface area (Å²) >= 11 is 0.926. The van der Waals surface area contributed by atoms with Crippen LogP contribution in [0.2, 0.25) is 0 Å². The van der Waals surface area contributed by atoms with Crippen LogP contribution < -0.4 is 20.7 Å². The number of benzene rings is 1. The van der Waals surface area contributed by atoms with Gasteiger partial charge in [-0.3, -0.25) is 15.1 Å². The van der Waals surface area contributed by atoms with Crippen molar-refractivity contribution in [3.63, 3.8) is 0 Å². The molecule has 3 N–H and O–H groups in total. The van der Waals surface area contributed by atoms with E-state index in [4.69, 9.17) is 14.2 Å². The summed E-state index contributed by atoms with van der Waals surface area (Å²) in [5, 5.41) is 7.97. The Bertz CT molecular complexity index is 1290. The SMILES string of the molecule is CNC(=O)c1cc(Oc2ccc(CNC(=O)Nc3sc(C(=O)OC)c(C)c3C(=O)OC)cc2)ccn1. The van der Waals surface area contributed by atoms with Crippen LogP contribution >= 0.6 is 11.3 Å². The van der Waals surface area contributed by atoms with Crippen molar-refractivity contribution in [3.8, 4) is 11.5 Å². The smallest absolute Gasteiger partial charge is 0.348 e. The first-order chi connectivity index (χ1) is 17.3. The van der Waals surface area contributed by atoms with Gasteiger partial charge in [0, 0.05) is 25.9 Å². The number of rotatable bonds is 8. The van der Waals surface area contributed by atoms with Gasteiger partial charge < -0.3 is 24.8 Å². The Morgan fingerprint density at radius 1 is 0.972 bits per heavy atom. The summed E-state index contributed by atoms with van der Waals surface area (Å²) in [7, 11) is 3.96. The zero-order chi connectivity index (χ0) is 26.2. The number of urea groups is 1. The van der Waals surface area contributed by atoms with Crippen LogP contribution in [0, 0.1) is 6.92 Å². The van der Waals surface area contributed by atoms with Gasteiger partial charge in [0.25, 0.3) is 5.91 Å². The van der Waals surface area contributed by atoms with Crippen molar-refractivity contribution in [2.24, 2.45) is 0 Å². The summed E-state index contributed by atoms with van der Waals surface area (Å²) in [6.07, 6.45) is 1.48. The normalized spacial score (nSPS) is 10.2. The molecule has 0 saturated heterocycles. The topological polar surface area (TPSA) is 145 Å². The molecule has 3 aromatic rings. The van der Waals surface area contributed by atoms with E-state index in [-0.39, 0.29) is 33.6 Å². The van der Waals surface area contributed by atoms with Gasteiger partial charge in [0.15, 0.2) is 0 Å². The summed E-state index contributed by atoms with van der Waals surface area (Å²) in [6.45, 7) is 1.76. The highest BCUT2D eigenvalue weighted by Gasteiger charge is 2.26. The molecule has 0 unspecified atom stereocenters. The summed E-state index contributed by atoms with van der Waals surface area (Å²) in [5.41, 5.74) is 1.47. The molecule has 11 nitrogen and oxygen atoms in total. The molecule has 3 rings (SSSR count). The molecule has 0 spiro atoms. The van der Waals surface area contributed by atoms with Crippen molar-refractivity contribution >= 4 is 40.2 Å². The monoisotopic (exact) mass is 512 g/mol. The van der Waals surface area contributed by atoms with Crippen LogP contribution in [0.1, 0.15) is 41.6 Å². The van der Waals surface area contributed by atoms with Crippen molar-refractivity contribution in [2.45, 2.75) is 13.5 Å². The number of pyridine rings is 1. The molecule has 12 heteroatoms. The second kappa shape index (κ2) is 11.8. The number of methoxy groups -OCH3 is 2. The number of hydrogen-bond donors (Lipinski definition) is 3. The Morgan fingerprint density at radius 2 is 1.67 bits per heavy atom. The Kier molecular flexibility index (Phi) is 8.57. The van der Waals surface area contributed by atoms with Gasteiger partial charge in [-0.2, -0.15) is 0 Å². The first-order valence-corrected chi connectivity index (χ1v) is 11.4. The van der Waals surface area contributed by atoms with Gasteiger partial charge in [-0.15, -0.1) is 11.3 Å². The standard InChI is InChI=1S/C24H24N4O7S/c1-13-18(22(30)33-3)21(36-19(13)23(31)34-4)28-24(32)27-12-14-5-7-15(8-6-14)35-16-9-10-26-17(11-16)20(29)25-2/h5-11H,12H2,1-4H3,(H,25,29)(H2,27,28,32). The maximum absolute atomic E-state index is 12.5. The Balaban J connectivity index is 1.63. The number of nitrogens with zero attached hydrogens (tertiary/aromatic N) is 1. The number of nitrogens with one attached hydrogen (secondary N) is 3. The molecule has 0 atom stereocenters. The minimum atomic E-state index is -0.679. The fourth-order valence-electron chi connectivity index (χ4n) is 3.10. The minimum Gasteiger partial charge on any atom is -0.465 e. The number of thiophene rings is 1. The van der Waals surface area contributed by atoms with Crippen LogP contribution in [0.5, 0.6) is 11.5 Å². The van der Waals surface area contributed by atoms with Crippen molar-refractivity contribution in [3.05, 3.63) is 69.9 Å². The Labute approximate surface area is 210 Å². The maximum Gasteiger partial charge on any atom is 0.348 e. The molecule has 0 radical (unpaired) electrons. The van der Waals surface area contributed by atoms with E-state index in [0.29, 0.717) is 17.1 Å². The van der Waals surface area contributed by atoms with Gasteiger partial charge in [0.1, 0.15) is 27.1 Å². The molecule has 0 bridgehead atoms. The van der Waals surface area contributed by atoms with Crippen LogP contribution in [-0.2, 0) is 16.0 Å². The summed E-state index contributed by atoms with van der Waals surface area (Å²) in [6, 6.07) is 9.55. The molecule has 2 heterocycles. The van der Waals surface area contributed by atoms with Crippen molar-refractivity contribution in [1.82, 2.24) is 15.6 Å². The molecule has 3 amide bonds. The lowest BCUT2D eigenvalue weighted by atomic mass is 10.1. The van der Waals surface area contributed by atoms with Gasteiger partial charge in [-0.1, -0.05) is 12.1 Å². The largest absolute Gasteiger partial charge is 0.465 e. The molecule has 0 aliphatic heterocycles. The van der Waals surface area contributed by atoms with E-state index in [1.165, 1.54) is 33.5 Å². The first kappa shape index (κ1) is 26.2. The maximum atomic E-state index is 12.5. The lowest BCUT2D eigenvalue weighted by molar-refractivity contribution is 0.0601. The highest BCUT2D eigenvalue weighted by Crippen LogP contribution is 2.34. The lowest BCUT2D eigenvalue weighted by Crippen LogP contribution is -2.28. The molecule has 36 heavy (non-hydrogen) atoms. The molecule has 0 fully saturated rings. The third-order valence-corrected chi connectivity index (χ3v) is 6.12. The van der Waals surface area contributed by atoms with Crippen molar-refractivity contribution in [1.29, 1.82) is 0 Å². The van der Waals surface area contributed by atoms with Crippen LogP contribution in [0.15, 0.2) is 42.6 Å². The van der Waals surface area contributed by atoms with Crippen molar-refractivity contribution < 1.29 is 33.4 Å². The number of esters is 2. The number of hydrogen-bond acceptors (Lipinski definition) is 9. The summed E-state index contributed by atoms with van der Waals surface area (Å²) < 4.78 is 15.3. The second-order valence-corrected chi connectivity index (χ2v) is 8.27. The van der Waals surface area contributed by atoms with E-state index < -0.39 is 18.0 Å². The van der Waals surface area contributed by atoms with E-state index in [2.05, 4.69) is 20.9 Å². The summed E-state index contributed by atoms with van der Waals surface area (Å²) in [4.78, 5) is 52.6. The number of amides is 3. The zero-order valence-corrected chi connectivity index (χ0v) is 20.8. The van der Waals surface area contributed by atoms with E-state index in [1.54, 1.807) is 37.3 Å². The Morgan fingerprint density at radius 3 is 2.31 bits per heavy atom. The molecule has 0 aliphatic rings. The average molecular weight is 513 g/mol. The van der Waals surface area contributed by atoms with E-state index >= 15 is 0 Å². The molecule has 0 aliphatic carbocycles. The first-order valence-electron chi connectivity index (χ1n) is 10.6. The number of carbonyl (C=O) groups excluding carboxylic acids is 4. The molecule has 1 aromatic carbocycles. The van der Waals surface area contributed by atoms with E-state index in [0.717, 1.165) is 16.9 Å². The highest BCUT2D eigenvalue weighted by atomic mass is 32.1. The lowest BCUT2D eigenvalue weighted by Gasteiger charge is -2.10. The van der Waals surface area contributed by atoms with Gasteiger partial charge in [-0.25, -0.2) is 14.4 Å². The van der Waals surface area contributed by atoms with Crippen molar-refractivity contribution in [2.75, 3.05) is 26.6 Å². The average Bonchev–Trinajstić information content (AvgIpc) is 3.22. The van der Waals surface area contributed by atoms with E-state index in [1.807, 2.05) is 0 Å².